The number of hydrogen-bond acceptors (Lipinski definition) is 2. The predicted octanol–water partition coefficient (Wildman–Crippen LogP) is 1.66. The van der Waals surface area contributed by atoms with Gasteiger partial charge < -0.3 is 10.0 Å². The van der Waals surface area contributed by atoms with Crippen LogP contribution in [0.3, 0.4) is 0 Å². The van der Waals surface area contributed by atoms with Crippen molar-refractivity contribution in [1.29, 1.82) is 0 Å². The van der Waals surface area contributed by atoms with Crippen molar-refractivity contribution < 1.29 is 14.7 Å². The summed E-state index contributed by atoms with van der Waals surface area (Å²) in [4.78, 5) is 23.5. The van der Waals surface area contributed by atoms with Crippen molar-refractivity contribution in [1.82, 2.24) is 4.90 Å². The molecule has 0 aliphatic carbocycles. The Morgan fingerprint density at radius 3 is 2.47 bits per heavy atom. The number of carbonyl (C=O) groups excluding carboxylic acids is 1. The molecule has 86 valence electrons. The number of amides is 1. The van der Waals surface area contributed by atoms with E-state index in [4.69, 9.17) is 5.11 Å². The molecule has 0 aromatic rings. The van der Waals surface area contributed by atoms with Crippen molar-refractivity contribution in [3.05, 3.63) is 12.7 Å². The third-order valence-corrected chi connectivity index (χ3v) is 2.05. The Bertz CT molecular complexity index is 236. The first-order valence-corrected chi connectivity index (χ1v) is 5.11. The highest BCUT2D eigenvalue weighted by atomic mass is 16.4. The van der Waals surface area contributed by atoms with Crippen molar-refractivity contribution >= 4 is 11.9 Å². The molecule has 0 aliphatic rings. The summed E-state index contributed by atoms with van der Waals surface area (Å²) in [5.41, 5.74) is 0. The Morgan fingerprint density at radius 1 is 1.47 bits per heavy atom. The highest BCUT2D eigenvalue weighted by Gasteiger charge is 2.18. The Kier molecular flexibility index (Phi) is 6.42. The Morgan fingerprint density at radius 2 is 2.07 bits per heavy atom. The van der Waals surface area contributed by atoms with Crippen LogP contribution < -0.4 is 0 Å². The van der Waals surface area contributed by atoms with Gasteiger partial charge in [-0.2, -0.15) is 0 Å². The molecule has 0 bridgehead atoms. The quantitative estimate of drug-likeness (QED) is 0.517. The lowest BCUT2D eigenvalue weighted by Gasteiger charge is -2.24. The smallest absolute Gasteiger partial charge is 0.323 e. The van der Waals surface area contributed by atoms with Gasteiger partial charge in [0.1, 0.15) is 6.54 Å². The van der Waals surface area contributed by atoms with Crippen LogP contribution in [-0.2, 0) is 9.59 Å². The fraction of sp³-hybridized carbons (Fsp3) is 0.636. The molecule has 0 radical (unpaired) electrons. The Hall–Kier alpha value is -1.32. The highest BCUT2D eigenvalue weighted by molar-refractivity contribution is 5.81. The summed E-state index contributed by atoms with van der Waals surface area (Å²) in [6.07, 6.45) is 3.65. The van der Waals surface area contributed by atoms with Gasteiger partial charge in [0.2, 0.25) is 5.91 Å². The molecule has 0 aromatic carbocycles. The fourth-order valence-electron chi connectivity index (χ4n) is 1.25. The average molecular weight is 213 g/mol. The van der Waals surface area contributed by atoms with Crippen LogP contribution in [0.25, 0.3) is 0 Å². The van der Waals surface area contributed by atoms with E-state index in [-0.39, 0.29) is 18.5 Å². The fourth-order valence-corrected chi connectivity index (χ4v) is 1.25. The first-order chi connectivity index (χ1) is 6.99. The number of carbonyl (C=O) groups is 2. The number of aliphatic carboxylic acids is 1. The summed E-state index contributed by atoms with van der Waals surface area (Å²) < 4.78 is 0. The zero-order valence-corrected chi connectivity index (χ0v) is 9.40. The number of unbranched alkanes of at least 4 members (excludes halogenated alkanes) is 1. The number of carboxylic acids is 1. The van der Waals surface area contributed by atoms with E-state index in [0.717, 1.165) is 12.8 Å². The zero-order valence-electron chi connectivity index (χ0n) is 9.40. The van der Waals surface area contributed by atoms with E-state index in [9.17, 15) is 9.59 Å². The van der Waals surface area contributed by atoms with Gasteiger partial charge >= 0.3 is 5.97 Å². The molecular formula is C11H19NO3. The van der Waals surface area contributed by atoms with E-state index in [1.54, 1.807) is 6.08 Å². The molecule has 0 unspecified atom stereocenters. The zero-order chi connectivity index (χ0) is 11.8. The monoisotopic (exact) mass is 213 g/mol. The van der Waals surface area contributed by atoms with Crippen LogP contribution >= 0.6 is 0 Å². The van der Waals surface area contributed by atoms with Crippen LogP contribution in [-0.4, -0.2) is 34.5 Å². The minimum absolute atomic E-state index is 0.0719. The van der Waals surface area contributed by atoms with Gasteiger partial charge in [-0.3, -0.25) is 9.59 Å². The van der Waals surface area contributed by atoms with E-state index < -0.39 is 5.97 Å². The molecular weight excluding hydrogens is 194 g/mol. The molecule has 4 heteroatoms. The van der Waals surface area contributed by atoms with Crippen molar-refractivity contribution in [3.63, 3.8) is 0 Å². The molecule has 0 fully saturated rings. The largest absolute Gasteiger partial charge is 0.480 e. The second-order valence-electron chi connectivity index (χ2n) is 3.69. The normalized spacial score (nSPS) is 10.1. The molecule has 4 nitrogen and oxygen atoms in total. The molecule has 15 heavy (non-hydrogen) atoms. The topological polar surface area (TPSA) is 57.6 Å². The minimum Gasteiger partial charge on any atom is -0.480 e. The molecule has 0 saturated carbocycles. The van der Waals surface area contributed by atoms with Gasteiger partial charge in [-0.1, -0.05) is 6.08 Å². The lowest BCUT2D eigenvalue weighted by atomic mass is 10.2. The van der Waals surface area contributed by atoms with E-state index in [0.29, 0.717) is 6.42 Å². The summed E-state index contributed by atoms with van der Waals surface area (Å²) in [5.74, 6) is -1.07. The maximum atomic E-state index is 11.6. The molecule has 0 atom stereocenters. The van der Waals surface area contributed by atoms with Gasteiger partial charge in [0.25, 0.3) is 0 Å². The second kappa shape index (κ2) is 7.04. The van der Waals surface area contributed by atoms with Crippen molar-refractivity contribution in [2.24, 2.45) is 0 Å². The van der Waals surface area contributed by atoms with Gasteiger partial charge in [-0.25, -0.2) is 0 Å². The van der Waals surface area contributed by atoms with Crippen LogP contribution in [0.5, 0.6) is 0 Å². The minimum atomic E-state index is -0.972. The van der Waals surface area contributed by atoms with Crippen molar-refractivity contribution in [2.75, 3.05) is 6.54 Å². The maximum absolute atomic E-state index is 11.6. The van der Waals surface area contributed by atoms with Crippen LogP contribution in [0.4, 0.5) is 0 Å². The predicted molar refractivity (Wildman–Crippen MR) is 58.5 cm³/mol. The SMILES string of the molecule is C=CCCCC(=O)N(CC(=O)O)C(C)C. The molecule has 0 spiro atoms. The molecule has 1 N–H and O–H groups in total. The number of hydrogen-bond donors (Lipinski definition) is 1. The Labute approximate surface area is 90.6 Å². The van der Waals surface area contributed by atoms with Gasteiger partial charge in [0.05, 0.1) is 0 Å². The maximum Gasteiger partial charge on any atom is 0.323 e. The Balaban J connectivity index is 4.16. The van der Waals surface area contributed by atoms with Crippen molar-refractivity contribution in [3.8, 4) is 0 Å². The molecule has 0 heterocycles. The van der Waals surface area contributed by atoms with Crippen LogP contribution in [0.1, 0.15) is 33.1 Å². The van der Waals surface area contributed by atoms with Crippen molar-refractivity contribution in [2.45, 2.75) is 39.2 Å². The van der Waals surface area contributed by atoms with Gasteiger partial charge in [0, 0.05) is 12.5 Å². The standard InChI is InChI=1S/C11H19NO3/c1-4-5-6-7-10(13)12(9(2)3)8-11(14)15/h4,9H,1,5-8H2,2-3H3,(H,14,15). The lowest BCUT2D eigenvalue weighted by molar-refractivity contribution is -0.145. The van der Waals surface area contributed by atoms with Crippen LogP contribution in [0, 0.1) is 0 Å². The van der Waals surface area contributed by atoms with Crippen LogP contribution in [0.15, 0.2) is 12.7 Å². The summed E-state index contributed by atoms with van der Waals surface area (Å²) in [6, 6.07) is -0.0719. The molecule has 0 aliphatic heterocycles. The van der Waals surface area contributed by atoms with Gasteiger partial charge in [0.15, 0.2) is 0 Å². The van der Waals surface area contributed by atoms with E-state index in [1.165, 1.54) is 4.90 Å². The molecule has 0 aromatic heterocycles. The first kappa shape index (κ1) is 13.7. The number of nitrogens with zero attached hydrogens (tertiary/aromatic N) is 1. The summed E-state index contributed by atoms with van der Waals surface area (Å²) in [5, 5.41) is 8.64. The molecule has 0 saturated heterocycles. The number of allylic oxidation sites excluding steroid dienone is 1. The molecule has 0 rings (SSSR count). The lowest BCUT2D eigenvalue weighted by Crippen LogP contribution is -2.40. The van der Waals surface area contributed by atoms with Gasteiger partial charge in [-0.15, -0.1) is 6.58 Å². The average Bonchev–Trinajstić information content (AvgIpc) is 2.13. The summed E-state index contributed by atoms with van der Waals surface area (Å²) >= 11 is 0. The van der Waals surface area contributed by atoms with Gasteiger partial charge in [-0.05, 0) is 26.7 Å². The van der Waals surface area contributed by atoms with Crippen LogP contribution in [0.2, 0.25) is 0 Å². The summed E-state index contributed by atoms with van der Waals surface area (Å²) in [6.45, 7) is 6.98. The van der Waals surface area contributed by atoms with E-state index >= 15 is 0 Å². The van der Waals surface area contributed by atoms with E-state index in [1.807, 2.05) is 13.8 Å². The highest BCUT2D eigenvalue weighted by Crippen LogP contribution is 2.05. The number of carboxylic acid groups (broad SMARTS) is 1. The second-order valence-corrected chi connectivity index (χ2v) is 3.69. The first-order valence-electron chi connectivity index (χ1n) is 5.11. The summed E-state index contributed by atoms with van der Waals surface area (Å²) in [7, 11) is 0. The third kappa shape index (κ3) is 5.88. The molecule has 1 amide bonds. The number of rotatable bonds is 7. The van der Waals surface area contributed by atoms with E-state index in [2.05, 4.69) is 6.58 Å². The third-order valence-electron chi connectivity index (χ3n) is 2.05.